The average molecular weight is 393 g/mol. The van der Waals surface area contributed by atoms with Crippen LogP contribution in [0.25, 0.3) is 0 Å². The van der Waals surface area contributed by atoms with Gasteiger partial charge in [0.2, 0.25) is 0 Å². The van der Waals surface area contributed by atoms with E-state index in [4.69, 9.17) is 0 Å². The molecular formula is C18H24FN5O2S. The molecule has 3 heterocycles. The van der Waals surface area contributed by atoms with Crippen LogP contribution in [0.3, 0.4) is 0 Å². The SMILES string of the molecule is CS(=O)(=O)c1ccc(N2CCN(Cc3cc4n(n3)CCNC4)CC2)c(F)c1. The van der Waals surface area contributed by atoms with Gasteiger partial charge in [-0.1, -0.05) is 0 Å². The first kappa shape index (κ1) is 18.4. The van der Waals surface area contributed by atoms with Gasteiger partial charge in [0.25, 0.3) is 0 Å². The second kappa shape index (κ2) is 7.21. The van der Waals surface area contributed by atoms with Gasteiger partial charge in [-0.2, -0.15) is 5.10 Å². The highest BCUT2D eigenvalue weighted by molar-refractivity contribution is 7.90. The Kier molecular flexibility index (Phi) is 4.92. The topological polar surface area (TPSA) is 70.5 Å². The molecule has 0 radical (unpaired) electrons. The summed E-state index contributed by atoms with van der Waals surface area (Å²) in [5, 5.41) is 8.02. The highest BCUT2D eigenvalue weighted by Crippen LogP contribution is 2.24. The zero-order chi connectivity index (χ0) is 19.0. The minimum absolute atomic E-state index is 0.0145. The first-order chi connectivity index (χ1) is 12.9. The second-order valence-electron chi connectivity index (χ2n) is 7.18. The molecule has 0 saturated carbocycles. The molecule has 0 spiro atoms. The molecule has 0 amide bonds. The summed E-state index contributed by atoms with van der Waals surface area (Å²) in [5.74, 6) is -0.486. The van der Waals surface area contributed by atoms with Gasteiger partial charge in [-0.15, -0.1) is 0 Å². The van der Waals surface area contributed by atoms with Gasteiger partial charge in [-0.25, -0.2) is 12.8 Å². The van der Waals surface area contributed by atoms with Crippen LogP contribution in [0.4, 0.5) is 10.1 Å². The number of anilines is 1. The molecule has 0 unspecified atom stereocenters. The van der Waals surface area contributed by atoms with Gasteiger partial charge in [0.15, 0.2) is 9.84 Å². The molecular weight excluding hydrogens is 369 g/mol. The fourth-order valence-electron chi connectivity index (χ4n) is 3.68. The van der Waals surface area contributed by atoms with E-state index in [1.54, 1.807) is 6.07 Å². The Morgan fingerprint density at radius 3 is 2.59 bits per heavy atom. The lowest BCUT2D eigenvalue weighted by Crippen LogP contribution is -2.46. The second-order valence-corrected chi connectivity index (χ2v) is 9.19. The van der Waals surface area contributed by atoms with Crippen molar-refractivity contribution in [3.63, 3.8) is 0 Å². The zero-order valence-electron chi connectivity index (χ0n) is 15.4. The molecule has 0 aliphatic carbocycles. The number of halogens is 1. The first-order valence-electron chi connectivity index (χ1n) is 9.13. The third-order valence-corrected chi connectivity index (χ3v) is 6.28. The lowest BCUT2D eigenvalue weighted by atomic mass is 10.2. The van der Waals surface area contributed by atoms with Gasteiger partial charge in [0, 0.05) is 52.1 Å². The van der Waals surface area contributed by atoms with E-state index in [-0.39, 0.29) is 4.90 Å². The van der Waals surface area contributed by atoms with Gasteiger partial charge in [0.1, 0.15) is 5.82 Å². The van der Waals surface area contributed by atoms with Gasteiger partial charge >= 0.3 is 0 Å². The van der Waals surface area contributed by atoms with Crippen molar-refractivity contribution in [3.05, 3.63) is 41.5 Å². The van der Waals surface area contributed by atoms with Crippen molar-refractivity contribution in [2.24, 2.45) is 0 Å². The average Bonchev–Trinajstić information content (AvgIpc) is 3.04. The smallest absolute Gasteiger partial charge is 0.175 e. The quantitative estimate of drug-likeness (QED) is 0.831. The molecule has 1 aromatic carbocycles. The number of rotatable bonds is 4. The molecule has 1 fully saturated rings. The molecule has 7 nitrogen and oxygen atoms in total. The highest BCUT2D eigenvalue weighted by atomic mass is 32.2. The number of aromatic nitrogens is 2. The first-order valence-corrected chi connectivity index (χ1v) is 11.0. The van der Waals surface area contributed by atoms with Crippen molar-refractivity contribution in [1.82, 2.24) is 20.0 Å². The monoisotopic (exact) mass is 393 g/mol. The largest absolute Gasteiger partial charge is 0.367 e. The summed E-state index contributed by atoms with van der Waals surface area (Å²) in [5.41, 5.74) is 2.76. The minimum Gasteiger partial charge on any atom is -0.367 e. The Balaban J connectivity index is 1.38. The normalized spacial score (nSPS) is 18.5. The van der Waals surface area contributed by atoms with Gasteiger partial charge in [-0.05, 0) is 24.3 Å². The van der Waals surface area contributed by atoms with Crippen LogP contribution in [-0.2, 0) is 29.5 Å². The van der Waals surface area contributed by atoms with Crippen LogP contribution >= 0.6 is 0 Å². The Bertz CT molecular complexity index is 912. The van der Waals surface area contributed by atoms with Crippen LogP contribution < -0.4 is 10.2 Å². The van der Waals surface area contributed by atoms with Crippen molar-refractivity contribution in [2.45, 2.75) is 24.5 Å². The van der Waals surface area contributed by atoms with E-state index >= 15 is 0 Å². The predicted octanol–water partition coefficient (Wildman–Crippen LogP) is 0.851. The van der Waals surface area contributed by atoms with Crippen molar-refractivity contribution in [2.75, 3.05) is 43.9 Å². The number of nitrogens with one attached hydrogen (secondary N) is 1. The molecule has 0 bridgehead atoms. The molecule has 1 aromatic heterocycles. The molecule has 1 saturated heterocycles. The number of hydrogen-bond acceptors (Lipinski definition) is 6. The standard InChI is InChI=1S/C18H24FN5O2S/c1-27(25,26)16-2-3-18(17(19)11-16)23-8-6-22(7-9-23)13-14-10-15-12-20-4-5-24(15)21-14/h2-3,10-11,20H,4-9,12-13H2,1H3. The van der Waals surface area contributed by atoms with E-state index in [2.05, 4.69) is 26.1 Å². The summed E-state index contributed by atoms with van der Waals surface area (Å²) in [7, 11) is -3.40. The summed E-state index contributed by atoms with van der Waals surface area (Å²) in [6.45, 7) is 6.55. The molecule has 27 heavy (non-hydrogen) atoms. The Morgan fingerprint density at radius 2 is 1.93 bits per heavy atom. The van der Waals surface area contributed by atoms with E-state index in [1.807, 2.05) is 4.90 Å². The van der Waals surface area contributed by atoms with Crippen molar-refractivity contribution in [1.29, 1.82) is 0 Å². The molecule has 2 aliphatic rings. The number of sulfone groups is 1. The maximum Gasteiger partial charge on any atom is 0.175 e. The Labute approximate surface area is 158 Å². The van der Waals surface area contributed by atoms with E-state index in [1.165, 1.54) is 11.8 Å². The third-order valence-electron chi connectivity index (χ3n) is 5.17. The van der Waals surface area contributed by atoms with Crippen LogP contribution in [0.1, 0.15) is 11.4 Å². The molecule has 2 aromatic rings. The third kappa shape index (κ3) is 3.99. The Hall–Kier alpha value is -1.97. The van der Waals surface area contributed by atoms with Gasteiger partial charge in [0.05, 0.1) is 28.5 Å². The summed E-state index contributed by atoms with van der Waals surface area (Å²) in [4.78, 5) is 4.31. The molecule has 9 heteroatoms. The van der Waals surface area contributed by atoms with Crippen LogP contribution in [-0.4, -0.2) is 62.1 Å². The number of fused-ring (bicyclic) bond motifs is 1. The van der Waals surface area contributed by atoms with E-state index in [0.717, 1.165) is 57.3 Å². The fourth-order valence-corrected chi connectivity index (χ4v) is 4.31. The van der Waals surface area contributed by atoms with Crippen LogP contribution in [0.5, 0.6) is 0 Å². The Morgan fingerprint density at radius 1 is 1.15 bits per heavy atom. The maximum atomic E-state index is 14.4. The van der Waals surface area contributed by atoms with E-state index in [0.29, 0.717) is 18.8 Å². The number of hydrogen-bond donors (Lipinski definition) is 1. The van der Waals surface area contributed by atoms with Crippen molar-refractivity contribution < 1.29 is 12.8 Å². The molecule has 146 valence electrons. The van der Waals surface area contributed by atoms with E-state index in [9.17, 15) is 12.8 Å². The number of benzene rings is 1. The molecule has 1 N–H and O–H groups in total. The number of piperazine rings is 1. The lowest BCUT2D eigenvalue weighted by Gasteiger charge is -2.36. The number of nitrogens with zero attached hydrogens (tertiary/aromatic N) is 4. The van der Waals surface area contributed by atoms with Crippen LogP contribution in [0.15, 0.2) is 29.2 Å². The molecule has 0 atom stereocenters. The zero-order valence-corrected chi connectivity index (χ0v) is 16.2. The maximum absolute atomic E-state index is 14.4. The van der Waals surface area contributed by atoms with Crippen molar-refractivity contribution in [3.8, 4) is 0 Å². The fraction of sp³-hybridized carbons (Fsp3) is 0.500. The summed E-state index contributed by atoms with van der Waals surface area (Å²) >= 11 is 0. The van der Waals surface area contributed by atoms with Gasteiger partial charge < -0.3 is 10.2 Å². The van der Waals surface area contributed by atoms with E-state index < -0.39 is 15.7 Å². The molecule has 4 rings (SSSR count). The van der Waals surface area contributed by atoms with Crippen molar-refractivity contribution >= 4 is 15.5 Å². The summed E-state index contributed by atoms with van der Waals surface area (Å²) < 4.78 is 39.6. The summed E-state index contributed by atoms with van der Waals surface area (Å²) in [6, 6.07) is 6.31. The highest BCUT2D eigenvalue weighted by Gasteiger charge is 2.22. The summed E-state index contributed by atoms with van der Waals surface area (Å²) in [6.07, 6.45) is 1.09. The minimum atomic E-state index is -3.40. The van der Waals surface area contributed by atoms with Gasteiger partial charge in [-0.3, -0.25) is 9.58 Å². The predicted molar refractivity (Wildman–Crippen MR) is 101 cm³/mol. The molecule has 2 aliphatic heterocycles. The van der Waals surface area contributed by atoms with Crippen LogP contribution in [0, 0.1) is 5.82 Å². The van der Waals surface area contributed by atoms with Crippen LogP contribution in [0.2, 0.25) is 0 Å². The lowest BCUT2D eigenvalue weighted by molar-refractivity contribution is 0.245.